The van der Waals surface area contributed by atoms with Gasteiger partial charge in [0, 0.05) is 32.4 Å². The average molecular weight is 379 g/mol. The lowest BCUT2D eigenvalue weighted by molar-refractivity contribution is -0.138. The normalized spacial score (nSPS) is 15.9. The molecule has 0 unspecified atom stereocenters. The zero-order valence-electron chi connectivity index (χ0n) is 16.6. The van der Waals surface area contributed by atoms with Gasteiger partial charge >= 0.3 is 5.97 Å². The number of carboxylic acid groups (broad SMARTS) is 1. The first kappa shape index (κ1) is 21.6. The number of carbonyl (C=O) groups is 1. The summed E-state index contributed by atoms with van der Waals surface area (Å²) >= 11 is 0. The third-order valence-electron chi connectivity index (χ3n) is 5.10. The summed E-state index contributed by atoms with van der Waals surface area (Å²) in [6, 6.07) is 3.53. The first-order valence-electron chi connectivity index (χ1n) is 9.95. The third-order valence-corrected chi connectivity index (χ3v) is 5.10. The number of aromatic nitrogens is 1. The molecule has 4 N–H and O–H groups in total. The van der Waals surface area contributed by atoms with Gasteiger partial charge in [-0.3, -0.25) is 4.79 Å². The summed E-state index contributed by atoms with van der Waals surface area (Å²) in [5.41, 5.74) is 8.09. The summed E-state index contributed by atoms with van der Waals surface area (Å²) in [5, 5.41) is 12.4. The maximum Gasteiger partial charge on any atom is 0.320 e. The molecule has 0 saturated carbocycles. The Kier molecular flexibility index (Phi) is 8.97. The summed E-state index contributed by atoms with van der Waals surface area (Å²) < 4.78 is 5.36. The molecule has 152 valence electrons. The summed E-state index contributed by atoms with van der Waals surface area (Å²) in [6.07, 6.45) is 5.89. The van der Waals surface area contributed by atoms with E-state index >= 15 is 0 Å². The van der Waals surface area contributed by atoms with Crippen molar-refractivity contribution in [2.75, 3.05) is 38.6 Å². The van der Waals surface area contributed by atoms with Crippen molar-refractivity contribution < 1.29 is 14.6 Å². The molecular weight excluding hydrogens is 344 g/mol. The largest absolute Gasteiger partial charge is 0.480 e. The van der Waals surface area contributed by atoms with E-state index in [1.54, 1.807) is 7.11 Å². The Morgan fingerprint density at radius 2 is 2.22 bits per heavy atom. The highest BCUT2D eigenvalue weighted by Gasteiger charge is 2.16. The van der Waals surface area contributed by atoms with E-state index in [1.165, 1.54) is 12.0 Å². The van der Waals surface area contributed by atoms with E-state index in [-0.39, 0.29) is 6.10 Å². The standard InChI is InChI=1S/C20H34N4O3/c1-15(27-2)14-24(13-10-18(21)20(25)26)12-4-3-7-17-9-8-16-6-5-11-22-19(16)23-17/h8-9,15,18H,3-7,10-14,21H2,1-2H3,(H,22,23)(H,25,26)/t15-,18+/m1/s1. The van der Waals surface area contributed by atoms with Crippen LogP contribution in [0.25, 0.3) is 0 Å². The summed E-state index contributed by atoms with van der Waals surface area (Å²) in [6.45, 7) is 5.39. The van der Waals surface area contributed by atoms with Gasteiger partial charge in [0.05, 0.1) is 6.10 Å². The van der Waals surface area contributed by atoms with Gasteiger partial charge in [-0.05, 0) is 63.6 Å². The minimum atomic E-state index is -0.943. The molecule has 2 heterocycles. The highest BCUT2D eigenvalue weighted by atomic mass is 16.5. The number of ether oxygens (including phenoxy) is 1. The van der Waals surface area contributed by atoms with Crippen LogP contribution in [0.5, 0.6) is 0 Å². The van der Waals surface area contributed by atoms with Gasteiger partial charge in [0.1, 0.15) is 11.9 Å². The van der Waals surface area contributed by atoms with Crippen LogP contribution in [0.4, 0.5) is 5.82 Å². The molecule has 7 heteroatoms. The van der Waals surface area contributed by atoms with Crippen LogP contribution < -0.4 is 11.1 Å². The van der Waals surface area contributed by atoms with Gasteiger partial charge in [0.25, 0.3) is 0 Å². The van der Waals surface area contributed by atoms with Gasteiger partial charge in [-0.2, -0.15) is 0 Å². The molecule has 0 fully saturated rings. The molecule has 0 aromatic carbocycles. The van der Waals surface area contributed by atoms with Gasteiger partial charge in [-0.25, -0.2) is 4.98 Å². The number of aliphatic carboxylic acids is 1. The number of aryl methyl sites for hydroxylation is 2. The number of pyridine rings is 1. The summed E-state index contributed by atoms with van der Waals surface area (Å²) in [4.78, 5) is 17.9. The molecule has 1 aromatic rings. The molecule has 2 atom stereocenters. The molecule has 2 rings (SSSR count). The summed E-state index contributed by atoms with van der Waals surface area (Å²) in [5.74, 6) is 0.110. The molecule has 0 saturated heterocycles. The zero-order valence-corrected chi connectivity index (χ0v) is 16.6. The Hall–Kier alpha value is -1.70. The topological polar surface area (TPSA) is 101 Å². The highest BCUT2D eigenvalue weighted by Crippen LogP contribution is 2.20. The van der Waals surface area contributed by atoms with E-state index < -0.39 is 12.0 Å². The van der Waals surface area contributed by atoms with Crippen molar-refractivity contribution in [3.63, 3.8) is 0 Å². The van der Waals surface area contributed by atoms with Crippen LogP contribution >= 0.6 is 0 Å². The molecule has 1 aromatic heterocycles. The Morgan fingerprint density at radius 1 is 1.41 bits per heavy atom. The lowest BCUT2D eigenvalue weighted by Gasteiger charge is -2.25. The van der Waals surface area contributed by atoms with Crippen molar-refractivity contribution in [2.24, 2.45) is 5.73 Å². The number of fused-ring (bicyclic) bond motifs is 1. The lowest BCUT2D eigenvalue weighted by Crippen LogP contribution is -2.38. The van der Waals surface area contributed by atoms with Crippen LogP contribution in [0.3, 0.4) is 0 Å². The monoisotopic (exact) mass is 378 g/mol. The van der Waals surface area contributed by atoms with Crippen molar-refractivity contribution in [2.45, 2.75) is 57.6 Å². The molecule has 27 heavy (non-hydrogen) atoms. The second-order valence-corrected chi connectivity index (χ2v) is 7.38. The lowest BCUT2D eigenvalue weighted by atomic mass is 10.1. The minimum absolute atomic E-state index is 0.111. The molecular formula is C20H34N4O3. The third kappa shape index (κ3) is 7.44. The molecule has 1 aliphatic rings. The molecule has 0 spiro atoms. The Labute approximate surface area is 162 Å². The van der Waals surface area contributed by atoms with Crippen molar-refractivity contribution in [3.8, 4) is 0 Å². The van der Waals surface area contributed by atoms with E-state index in [9.17, 15) is 4.79 Å². The quantitative estimate of drug-likeness (QED) is 0.478. The number of nitrogens with two attached hydrogens (primary N) is 1. The zero-order chi connectivity index (χ0) is 19.6. The van der Waals surface area contributed by atoms with Crippen LogP contribution in [-0.2, 0) is 22.4 Å². The van der Waals surface area contributed by atoms with Gasteiger partial charge < -0.3 is 25.8 Å². The predicted molar refractivity (Wildman–Crippen MR) is 107 cm³/mol. The van der Waals surface area contributed by atoms with Gasteiger partial charge in [0.2, 0.25) is 0 Å². The molecule has 0 aliphatic carbocycles. The smallest absolute Gasteiger partial charge is 0.320 e. The van der Waals surface area contributed by atoms with Gasteiger partial charge in [-0.15, -0.1) is 0 Å². The SMILES string of the molecule is CO[C@H](C)CN(CCCCc1ccc2c(n1)NCCC2)CC[C@H](N)C(=O)O. The van der Waals surface area contributed by atoms with Crippen molar-refractivity contribution in [1.29, 1.82) is 0 Å². The van der Waals surface area contributed by atoms with Crippen LogP contribution in [0, 0.1) is 0 Å². The molecule has 0 amide bonds. The predicted octanol–water partition coefficient (Wildman–Crippen LogP) is 1.90. The van der Waals surface area contributed by atoms with Crippen LogP contribution in [-0.4, -0.2) is 66.4 Å². The van der Waals surface area contributed by atoms with Crippen molar-refractivity contribution in [3.05, 3.63) is 23.4 Å². The molecule has 7 nitrogen and oxygen atoms in total. The van der Waals surface area contributed by atoms with E-state index in [0.717, 1.165) is 56.8 Å². The molecule has 0 radical (unpaired) electrons. The van der Waals surface area contributed by atoms with Crippen LogP contribution in [0.1, 0.15) is 43.9 Å². The number of nitrogens with zero attached hydrogens (tertiary/aromatic N) is 2. The van der Waals surface area contributed by atoms with E-state index in [1.807, 2.05) is 6.92 Å². The minimum Gasteiger partial charge on any atom is -0.480 e. The van der Waals surface area contributed by atoms with E-state index in [4.69, 9.17) is 20.6 Å². The second-order valence-electron chi connectivity index (χ2n) is 7.38. The number of hydrogen-bond acceptors (Lipinski definition) is 6. The van der Waals surface area contributed by atoms with Gasteiger partial charge in [-0.1, -0.05) is 6.07 Å². The Balaban J connectivity index is 1.77. The fraction of sp³-hybridized carbons (Fsp3) is 0.700. The number of hydrogen-bond donors (Lipinski definition) is 3. The first-order valence-corrected chi connectivity index (χ1v) is 9.95. The number of methoxy groups -OCH3 is 1. The van der Waals surface area contributed by atoms with Crippen LogP contribution in [0.15, 0.2) is 12.1 Å². The number of anilines is 1. The average Bonchev–Trinajstić information content (AvgIpc) is 2.68. The van der Waals surface area contributed by atoms with Crippen LogP contribution in [0.2, 0.25) is 0 Å². The number of rotatable bonds is 12. The second kappa shape index (κ2) is 11.2. The number of carboxylic acids is 1. The maximum atomic E-state index is 10.9. The first-order chi connectivity index (χ1) is 13.0. The Morgan fingerprint density at radius 3 is 2.96 bits per heavy atom. The van der Waals surface area contributed by atoms with E-state index in [2.05, 4.69) is 22.3 Å². The van der Waals surface area contributed by atoms with Gasteiger partial charge in [0.15, 0.2) is 0 Å². The van der Waals surface area contributed by atoms with Crippen molar-refractivity contribution >= 4 is 11.8 Å². The van der Waals surface area contributed by atoms with E-state index in [0.29, 0.717) is 13.0 Å². The highest BCUT2D eigenvalue weighted by molar-refractivity contribution is 5.72. The molecule has 0 bridgehead atoms. The fourth-order valence-corrected chi connectivity index (χ4v) is 3.33. The van der Waals surface area contributed by atoms with Crippen molar-refractivity contribution in [1.82, 2.24) is 9.88 Å². The fourth-order valence-electron chi connectivity index (χ4n) is 3.33. The summed E-state index contributed by atoms with van der Waals surface area (Å²) in [7, 11) is 1.70. The Bertz CT molecular complexity index is 597. The number of nitrogens with one attached hydrogen (secondary N) is 1. The maximum absolute atomic E-state index is 10.9. The number of unbranched alkanes of at least 4 members (excludes halogenated alkanes) is 1. The molecule has 1 aliphatic heterocycles.